The van der Waals surface area contributed by atoms with Crippen LogP contribution in [0.3, 0.4) is 0 Å². The predicted molar refractivity (Wildman–Crippen MR) is 82.9 cm³/mol. The van der Waals surface area contributed by atoms with Crippen LogP contribution in [0.2, 0.25) is 5.02 Å². The summed E-state index contributed by atoms with van der Waals surface area (Å²) in [5, 5.41) is 2.48. The second-order valence-electron chi connectivity index (χ2n) is 4.58. The van der Waals surface area contributed by atoms with Gasteiger partial charge in [0.25, 0.3) is 0 Å². The normalized spacial score (nSPS) is 10.7. The van der Waals surface area contributed by atoms with E-state index in [1.54, 1.807) is 6.07 Å². The minimum Gasteiger partial charge on any atom is -0.366 e. The number of carbonyl (C=O) groups is 1. The van der Waals surface area contributed by atoms with Gasteiger partial charge in [0.2, 0.25) is 5.91 Å². The average Bonchev–Trinajstić information content (AvgIpc) is 2.45. The van der Waals surface area contributed by atoms with Gasteiger partial charge < -0.3 is 5.73 Å². The Morgan fingerprint density at radius 2 is 1.75 bits per heavy atom. The Morgan fingerprint density at radius 1 is 0.950 bits per heavy atom. The van der Waals surface area contributed by atoms with E-state index in [1.165, 1.54) is 0 Å². The zero-order valence-electron chi connectivity index (χ0n) is 10.6. The van der Waals surface area contributed by atoms with Crippen molar-refractivity contribution in [3.63, 3.8) is 0 Å². The lowest BCUT2D eigenvalue weighted by Gasteiger charge is -2.11. The number of fused-ring (bicyclic) bond motifs is 1. The summed E-state index contributed by atoms with van der Waals surface area (Å²) in [5.74, 6) is -0.434. The topological polar surface area (TPSA) is 43.1 Å². The molecule has 3 aromatic rings. The smallest absolute Gasteiger partial charge is 0.249 e. The third kappa shape index (κ3) is 2.15. The Bertz CT molecular complexity index is 811. The van der Waals surface area contributed by atoms with Crippen LogP contribution in [0.4, 0.5) is 0 Å². The van der Waals surface area contributed by atoms with Crippen molar-refractivity contribution >= 4 is 28.3 Å². The van der Waals surface area contributed by atoms with Gasteiger partial charge in [0.05, 0.1) is 5.56 Å². The molecule has 2 N–H and O–H groups in total. The molecule has 3 aromatic carbocycles. The van der Waals surface area contributed by atoms with Gasteiger partial charge in [0.1, 0.15) is 0 Å². The van der Waals surface area contributed by atoms with Crippen molar-refractivity contribution in [2.45, 2.75) is 0 Å². The first-order chi connectivity index (χ1) is 9.66. The standard InChI is InChI=1S/C17H12ClNO/c18-13-6-3-5-12(10-13)15-9-8-11-4-1-2-7-14(11)16(15)17(19)20/h1-10H,(H2,19,20). The van der Waals surface area contributed by atoms with E-state index in [0.717, 1.165) is 21.9 Å². The van der Waals surface area contributed by atoms with Gasteiger partial charge in [-0.25, -0.2) is 0 Å². The first-order valence-electron chi connectivity index (χ1n) is 6.24. The molecule has 0 saturated heterocycles. The van der Waals surface area contributed by atoms with E-state index < -0.39 is 5.91 Å². The molecule has 20 heavy (non-hydrogen) atoms. The molecule has 0 aliphatic rings. The summed E-state index contributed by atoms with van der Waals surface area (Å²) in [5.41, 5.74) is 7.81. The first-order valence-corrected chi connectivity index (χ1v) is 6.62. The number of halogens is 1. The van der Waals surface area contributed by atoms with E-state index in [-0.39, 0.29) is 0 Å². The van der Waals surface area contributed by atoms with Crippen LogP contribution in [-0.4, -0.2) is 5.91 Å². The molecule has 0 unspecified atom stereocenters. The third-order valence-electron chi connectivity index (χ3n) is 3.31. The van der Waals surface area contributed by atoms with Crippen molar-refractivity contribution in [3.8, 4) is 11.1 Å². The molecule has 0 atom stereocenters. The molecule has 98 valence electrons. The fourth-order valence-electron chi connectivity index (χ4n) is 2.43. The van der Waals surface area contributed by atoms with Gasteiger partial charge >= 0.3 is 0 Å². The summed E-state index contributed by atoms with van der Waals surface area (Å²) in [4.78, 5) is 11.9. The molecule has 0 saturated carbocycles. The quantitative estimate of drug-likeness (QED) is 0.749. The number of hydrogen-bond donors (Lipinski definition) is 1. The number of amides is 1. The lowest BCUT2D eigenvalue weighted by atomic mass is 9.94. The van der Waals surface area contributed by atoms with Crippen LogP contribution in [0.5, 0.6) is 0 Å². The number of rotatable bonds is 2. The van der Waals surface area contributed by atoms with Crippen molar-refractivity contribution in [2.24, 2.45) is 5.73 Å². The molecule has 0 aliphatic heterocycles. The predicted octanol–water partition coefficient (Wildman–Crippen LogP) is 4.26. The molecule has 0 heterocycles. The molecule has 1 amide bonds. The molecule has 0 spiro atoms. The van der Waals surface area contributed by atoms with E-state index in [0.29, 0.717) is 10.6 Å². The van der Waals surface area contributed by atoms with E-state index in [2.05, 4.69) is 0 Å². The second-order valence-corrected chi connectivity index (χ2v) is 5.02. The number of nitrogens with two attached hydrogens (primary N) is 1. The third-order valence-corrected chi connectivity index (χ3v) is 3.55. The molecule has 0 aliphatic carbocycles. The molecule has 0 bridgehead atoms. The maximum atomic E-state index is 11.9. The molecule has 0 radical (unpaired) electrons. The van der Waals surface area contributed by atoms with Crippen LogP contribution in [0.25, 0.3) is 21.9 Å². The van der Waals surface area contributed by atoms with Gasteiger partial charge in [-0.2, -0.15) is 0 Å². The van der Waals surface area contributed by atoms with Gasteiger partial charge in [-0.3, -0.25) is 4.79 Å². The highest BCUT2D eigenvalue weighted by Crippen LogP contribution is 2.31. The lowest BCUT2D eigenvalue weighted by Crippen LogP contribution is -2.13. The minimum absolute atomic E-state index is 0.434. The highest BCUT2D eigenvalue weighted by atomic mass is 35.5. The number of carbonyl (C=O) groups excluding carboxylic acids is 1. The van der Waals surface area contributed by atoms with Gasteiger partial charge in [-0.1, -0.05) is 60.1 Å². The Labute approximate surface area is 121 Å². The van der Waals surface area contributed by atoms with Gasteiger partial charge in [0, 0.05) is 5.02 Å². The van der Waals surface area contributed by atoms with E-state index in [4.69, 9.17) is 17.3 Å². The summed E-state index contributed by atoms with van der Waals surface area (Å²) in [6.45, 7) is 0. The highest BCUT2D eigenvalue weighted by Gasteiger charge is 2.14. The van der Waals surface area contributed by atoms with Gasteiger partial charge in [-0.05, 0) is 34.0 Å². The first kappa shape index (κ1) is 12.7. The zero-order chi connectivity index (χ0) is 14.1. The molecule has 2 nitrogen and oxygen atoms in total. The van der Waals surface area contributed by atoms with Crippen molar-refractivity contribution in [2.75, 3.05) is 0 Å². The van der Waals surface area contributed by atoms with Crippen molar-refractivity contribution in [3.05, 3.63) is 71.2 Å². The summed E-state index contributed by atoms with van der Waals surface area (Å²) >= 11 is 6.03. The van der Waals surface area contributed by atoms with Crippen LogP contribution in [0, 0.1) is 0 Å². The van der Waals surface area contributed by atoms with E-state index in [1.807, 2.05) is 54.6 Å². The Kier molecular flexibility index (Phi) is 3.17. The number of hydrogen-bond acceptors (Lipinski definition) is 1. The van der Waals surface area contributed by atoms with Gasteiger partial charge in [0.15, 0.2) is 0 Å². The summed E-state index contributed by atoms with van der Waals surface area (Å²) in [7, 11) is 0. The monoisotopic (exact) mass is 281 g/mol. The van der Waals surface area contributed by atoms with Crippen molar-refractivity contribution in [1.82, 2.24) is 0 Å². The SMILES string of the molecule is NC(=O)c1c(-c2cccc(Cl)c2)ccc2ccccc12. The Morgan fingerprint density at radius 3 is 2.50 bits per heavy atom. The largest absolute Gasteiger partial charge is 0.366 e. The summed E-state index contributed by atoms with van der Waals surface area (Å²) in [6.07, 6.45) is 0. The molecule has 3 heteroatoms. The minimum atomic E-state index is -0.434. The average molecular weight is 282 g/mol. The molecule has 0 fully saturated rings. The van der Waals surface area contributed by atoms with Gasteiger partial charge in [-0.15, -0.1) is 0 Å². The van der Waals surface area contributed by atoms with Crippen LogP contribution in [-0.2, 0) is 0 Å². The zero-order valence-corrected chi connectivity index (χ0v) is 11.4. The van der Waals surface area contributed by atoms with E-state index in [9.17, 15) is 4.79 Å². The van der Waals surface area contributed by atoms with E-state index >= 15 is 0 Å². The fraction of sp³-hybridized carbons (Fsp3) is 0. The lowest BCUT2D eigenvalue weighted by molar-refractivity contribution is 0.100. The second kappa shape index (κ2) is 4.99. The maximum absolute atomic E-state index is 11.9. The van der Waals surface area contributed by atoms with Crippen LogP contribution in [0.1, 0.15) is 10.4 Å². The molecular formula is C17H12ClNO. The van der Waals surface area contributed by atoms with Crippen molar-refractivity contribution in [1.29, 1.82) is 0 Å². The Hall–Kier alpha value is -2.32. The molecule has 3 rings (SSSR count). The Balaban J connectivity index is 2.36. The maximum Gasteiger partial charge on any atom is 0.249 e. The van der Waals surface area contributed by atoms with Crippen LogP contribution >= 0.6 is 11.6 Å². The van der Waals surface area contributed by atoms with Crippen LogP contribution in [0.15, 0.2) is 60.7 Å². The fourth-order valence-corrected chi connectivity index (χ4v) is 2.62. The molecule has 0 aromatic heterocycles. The summed E-state index contributed by atoms with van der Waals surface area (Å²) < 4.78 is 0. The highest BCUT2D eigenvalue weighted by molar-refractivity contribution is 6.31. The number of benzene rings is 3. The van der Waals surface area contributed by atoms with Crippen LogP contribution < -0.4 is 5.73 Å². The number of primary amides is 1. The molecular weight excluding hydrogens is 270 g/mol. The van der Waals surface area contributed by atoms with Crippen molar-refractivity contribution < 1.29 is 4.79 Å². The summed E-state index contributed by atoms with van der Waals surface area (Å²) in [6, 6.07) is 19.0.